The van der Waals surface area contributed by atoms with Gasteiger partial charge in [-0.15, -0.1) is 11.3 Å². The fraction of sp³-hybridized carbons (Fsp3) is 0. The maximum Gasteiger partial charge on any atom is 0.165 e. The van der Waals surface area contributed by atoms with Gasteiger partial charge in [-0.2, -0.15) is 0 Å². The van der Waals surface area contributed by atoms with E-state index in [1.54, 1.807) is 11.3 Å². The first-order valence-electron chi connectivity index (χ1n) is 19.2. The fourth-order valence-electron chi connectivity index (χ4n) is 8.09. The van der Waals surface area contributed by atoms with E-state index in [1.807, 2.05) is 0 Å². The Morgan fingerprint density at radius 3 is 1.72 bits per heavy atom. The third-order valence-corrected chi connectivity index (χ3v) is 12.2. The summed E-state index contributed by atoms with van der Waals surface area (Å²) >= 11 is 1.79. The van der Waals surface area contributed by atoms with Crippen LogP contribution in [-0.2, 0) is 0 Å². The molecule has 11 rings (SSSR count). The smallest absolute Gasteiger partial charge is 0.165 e. The Balaban J connectivity index is 1.12. The Hall–Kier alpha value is -7.27. The Labute approximate surface area is 334 Å². The first-order valence-corrected chi connectivity index (χ1v) is 20.0. The van der Waals surface area contributed by atoms with Gasteiger partial charge in [-0.1, -0.05) is 176 Å². The van der Waals surface area contributed by atoms with Crippen molar-refractivity contribution in [2.75, 3.05) is 0 Å². The molecule has 0 bridgehead atoms. The second-order valence-electron chi connectivity index (χ2n) is 14.4. The average molecular weight is 744 g/mol. The normalized spacial score (nSPS) is 11.5. The minimum Gasteiger partial charge on any atom is -0.208 e. The predicted octanol–water partition coefficient (Wildman–Crippen LogP) is 14.5. The van der Waals surface area contributed by atoms with Crippen molar-refractivity contribution < 1.29 is 0 Å². The van der Waals surface area contributed by atoms with E-state index < -0.39 is 0 Å². The van der Waals surface area contributed by atoms with Crippen molar-refractivity contribution >= 4 is 53.1 Å². The van der Waals surface area contributed by atoms with Crippen LogP contribution in [0.3, 0.4) is 0 Å². The molecule has 0 saturated heterocycles. The number of benzene rings is 9. The molecule has 266 valence electrons. The summed E-state index contributed by atoms with van der Waals surface area (Å²) in [5, 5.41) is 7.08. The van der Waals surface area contributed by atoms with Crippen LogP contribution in [0.5, 0.6) is 0 Å². The molecular weight excluding hydrogens is 711 g/mol. The molecule has 2 heterocycles. The van der Waals surface area contributed by atoms with Crippen LogP contribution in [0, 0.1) is 0 Å². The molecule has 0 N–H and O–H groups in total. The molecule has 0 atom stereocenters. The SMILES string of the molecule is c1ccc(-c2cccc(-c3ccc(-c4nc(-c5c(-c6ccc7ccccc7c6)ccc6ccccc56)nc(-c5cccc6c5sc5ccccc56)n4)cc3)c2)cc1. The number of fused-ring (bicyclic) bond motifs is 5. The van der Waals surface area contributed by atoms with E-state index in [0.29, 0.717) is 17.5 Å². The number of nitrogens with zero attached hydrogens (tertiary/aromatic N) is 3. The van der Waals surface area contributed by atoms with Crippen LogP contribution in [-0.4, -0.2) is 15.0 Å². The third kappa shape index (κ3) is 5.95. The fourth-order valence-corrected chi connectivity index (χ4v) is 9.30. The molecule has 0 amide bonds. The van der Waals surface area contributed by atoms with E-state index in [0.717, 1.165) is 49.7 Å². The van der Waals surface area contributed by atoms with Gasteiger partial charge >= 0.3 is 0 Å². The van der Waals surface area contributed by atoms with E-state index in [9.17, 15) is 0 Å². The second kappa shape index (κ2) is 13.8. The minimum absolute atomic E-state index is 0.634. The van der Waals surface area contributed by atoms with Crippen LogP contribution in [0.4, 0.5) is 0 Å². The number of thiophene rings is 1. The van der Waals surface area contributed by atoms with Crippen LogP contribution >= 0.6 is 11.3 Å². The molecule has 0 aliphatic heterocycles. The van der Waals surface area contributed by atoms with E-state index in [4.69, 9.17) is 15.0 Å². The quantitative estimate of drug-likeness (QED) is 0.170. The van der Waals surface area contributed by atoms with Gasteiger partial charge in [0.2, 0.25) is 0 Å². The van der Waals surface area contributed by atoms with Gasteiger partial charge in [-0.3, -0.25) is 0 Å². The molecule has 0 spiro atoms. The van der Waals surface area contributed by atoms with Gasteiger partial charge in [0.1, 0.15) is 0 Å². The second-order valence-corrected chi connectivity index (χ2v) is 15.4. The van der Waals surface area contributed by atoms with Crippen LogP contribution in [0.25, 0.3) is 109 Å². The minimum atomic E-state index is 0.634. The molecule has 0 saturated carbocycles. The largest absolute Gasteiger partial charge is 0.208 e. The molecule has 0 unspecified atom stereocenters. The highest BCUT2D eigenvalue weighted by atomic mass is 32.1. The van der Waals surface area contributed by atoms with E-state index in [1.165, 1.54) is 42.1 Å². The Kier molecular flexibility index (Phi) is 8.01. The highest BCUT2D eigenvalue weighted by Crippen LogP contribution is 2.42. The van der Waals surface area contributed by atoms with Crippen molar-refractivity contribution in [3.05, 3.63) is 200 Å². The van der Waals surface area contributed by atoms with E-state index >= 15 is 0 Å². The lowest BCUT2D eigenvalue weighted by atomic mass is 9.92. The summed E-state index contributed by atoms with van der Waals surface area (Å²) in [6, 6.07) is 71.1. The van der Waals surface area contributed by atoms with Crippen molar-refractivity contribution in [3.63, 3.8) is 0 Å². The molecule has 0 radical (unpaired) electrons. The van der Waals surface area contributed by atoms with Gasteiger partial charge in [0.15, 0.2) is 17.5 Å². The van der Waals surface area contributed by atoms with E-state index in [-0.39, 0.29) is 0 Å². The number of hydrogen-bond acceptors (Lipinski definition) is 4. The molecule has 3 nitrogen and oxygen atoms in total. The van der Waals surface area contributed by atoms with Gasteiger partial charge in [-0.05, 0) is 79.2 Å². The van der Waals surface area contributed by atoms with Gasteiger partial charge in [0.05, 0.1) is 0 Å². The van der Waals surface area contributed by atoms with Crippen molar-refractivity contribution in [1.82, 2.24) is 15.0 Å². The van der Waals surface area contributed by atoms with Crippen LogP contribution in [0.2, 0.25) is 0 Å². The Bertz CT molecular complexity index is 3290. The highest BCUT2D eigenvalue weighted by molar-refractivity contribution is 7.26. The zero-order chi connectivity index (χ0) is 37.7. The molecule has 2 aromatic heterocycles. The number of aromatic nitrogens is 3. The number of rotatable bonds is 6. The van der Waals surface area contributed by atoms with Gasteiger partial charge in [-0.25, -0.2) is 15.0 Å². The monoisotopic (exact) mass is 743 g/mol. The summed E-state index contributed by atoms with van der Waals surface area (Å²) in [5.41, 5.74) is 9.80. The maximum atomic E-state index is 5.41. The maximum absolute atomic E-state index is 5.41. The molecule has 57 heavy (non-hydrogen) atoms. The predicted molar refractivity (Wildman–Crippen MR) is 240 cm³/mol. The molecule has 0 fully saturated rings. The van der Waals surface area contributed by atoms with Gasteiger partial charge in [0.25, 0.3) is 0 Å². The van der Waals surface area contributed by atoms with E-state index in [2.05, 4.69) is 200 Å². The van der Waals surface area contributed by atoms with Crippen molar-refractivity contribution in [2.24, 2.45) is 0 Å². The zero-order valence-electron chi connectivity index (χ0n) is 30.8. The molecular formula is C53H33N3S. The van der Waals surface area contributed by atoms with Crippen molar-refractivity contribution in [3.8, 4) is 67.5 Å². The lowest BCUT2D eigenvalue weighted by Crippen LogP contribution is -2.02. The topological polar surface area (TPSA) is 38.7 Å². The lowest BCUT2D eigenvalue weighted by molar-refractivity contribution is 1.08. The number of hydrogen-bond donors (Lipinski definition) is 0. The molecule has 0 aliphatic carbocycles. The summed E-state index contributed by atoms with van der Waals surface area (Å²) in [6.45, 7) is 0. The van der Waals surface area contributed by atoms with Crippen molar-refractivity contribution in [1.29, 1.82) is 0 Å². The Morgan fingerprint density at radius 1 is 0.298 bits per heavy atom. The first kappa shape index (κ1) is 33.1. The first-order chi connectivity index (χ1) is 28.2. The average Bonchev–Trinajstić information content (AvgIpc) is 3.68. The summed E-state index contributed by atoms with van der Waals surface area (Å²) in [7, 11) is 0. The van der Waals surface area contributed by atoms with Gasteiger partial charge in [0, 0.05) is 36.9 Å². The summed E-state index contributed by atoms with van der Waals surface area (Å²) in [4.78, 5) is 16.0. The van der Waals surface area contributed by atoms with Crippen molar-refractivity contribution in [2.45, 2.75) is 0 Å². The zero-order valence-corrected chi connectivity index (χ0v) is 31.6. The standard InChI is InChI=1S/C53H33N3S/c1-2-12-34(13-3-1)40-17-10-18-41(32-40)36-24-27-38(28-25-36)51-54-52(47-22-11-21-46-45-20-8-9-23-48(45)57-50(46)47)56-53(55-51)49-43-19-7-6-15-37(43)30-31-44(49)42-29-26-35-14-4-5-16-39(35)33-42/h1-33H. The van der Waals surface area contributed by atoms with Crippen LogP contribution in [0.1, 0.15) is 0 Å². The molecule has 4 heteroatoms. The summed E-state index contributed by atoms with van der Waals surface area (Å²) in [5.74, 6) is 1.94. The van der Waals surface area contributed by atoms with Gasteiger partial charge < -0.3 is 0 Å². The molecule has 11 aromatic rings. The summed E-state index contributed by atoms with van der Waals surface area (Å²) in [6.07, 6.45) is 0. The van der Waals surface area contributed by atoms with Crippen LogP contribution < -0.4 is 0 Å². The van der Waals surface area contributed by atoms with Crippen LogP contribution in [0.15, 0.2) is 200 Å². The third-order valence-electron chi connectivity index (χ3n) is 10.9. The Morgan fingerprint density at radius 2 is 0.877 bits per heavy atom. The molecule has 0 aliphatic rings. The summed E-state index contributed by atoms with van der Waals surface area (Å²) < 4.78 is 2.41. The molecule has 9 aromatic carbocycles. The lowest BCUT2D eigenvalue weighted by Gasteiger charge is -2.15. The highest BCUT2D eigenvalue weighted by Gasteiger charge is 2.20.